The van der Waals surface area contributed by atoms with E-state index in [1.807, 2.05) is 0 Å². The van der Waals surface area contributed by atoms with Gasteiger partial charge in [-0.25, -0.2) is 0 Å². The van der Waals surface area contributed by atoms with Crippen molar-refractivity contribution in [3.8, 4) is 0 Å². The average Bonchev–Trinajstić information content (AvgIpc) is 2.51. The van der Waals surface area contributed by atoms with Crippen LogP contribution in [0.25, 0.3) is 0 Å². The molecule has 0 aliphatic heterocycles. The van der Waals surface area contributed by atoms with Gasteiger partial charge in [0, 0.05) is 19.4 Å². The van der Waals surface area contributed by atoms with Crippen molar-refractivity contribution in [2.75, 3.05) is 6.54 Å². The molecule has 0 bridgehead atoms. The fourth-order valence-electron chi connectivity index (χ4n) is 1.95. The molecular formula is C17H25NO3. The highest BCUT2D eigenvalue weighted by Crippen LogP contribution is 2.16. The van der Waals surface area contributed by atoms with E-state index in [-0.39, 0.29) is 23.4 Å². The van der Waals surface area contributed by atoms with Crippen LogP contribution in [-0.4, -0.2) is 24.0 Å². The molecule has 116 valence electrons. The van der Waals surface area contributed by atoms with Crippen LogP contribution in [0, 0.1) is 5.92 Å². The molecule has 0 saturated carbocycles. The third kappa shape index (κ3) is 10.5. The molecule has 0 fully saturated rings. The molecule has 4 nitrogen and oxygen atoms in total. The van der Waals surface area contributed by atoms with Gasteiger partial charge in [0.1, 0.15) is 0 Å². The van der Waals surface area contributed by atoms with E-state index < -0.39 is 0 Å². The third-order valence-electron chi connectivity index (χ3n) is 3.29. The van der Waals surface area contributed by atoms with Crippen LogP contribution < -0.4 is 5.32 Å². The Labute approximate surface area is 127 Å². The first-order chi connectivity index (χ1) is 10.0. The first-order valence-corrected chi connectivity index (χ1v) is 7.24. The van der Waals surface area contributed by atoms with Crippen molar-refractivity contribution in [3.63, 3.8) is 0 Å². The van der Waals surface area contributed by atoms with Gasteiger partial charge in [-0.15, -0.1) is 0 Å². The lowest BCUT2D eigenvalue weighted by Gasteiger charge is -2.16. The monoisotopic (exact) mass is 291 g/mol. The quantitative estimate of drug-likeness (QED) is 0.419. The number of unbranched alkanes of at least 4 members (excludes halogenated alkanes) is 1. The lowest BCUT2D eigenvalue weighted by Crippen LogP contribution is -2.28. The Hall–Kier alpha value is -1.97. The second-order valence-corrected chi connectivity index (χ2v) is 4.94. The summed E-state index contributed by atoms with van der Waals surface area (Å²) < 4.78 is 0. The molecule has 0 aromatic rings. The van der Waals surface area contributed by atoms with Crippen LogP contribution in [0.15, 0.2) is 38.0 Å². The number of carbonyl (C=O) groups excluding carboxylic acids is 3. The van der Waals surface area contributed by atoms with Crippen molar-refractivity contribution in [1.29, 1.82) is 0 Å². The molecule has 1 unspecified atom stereocenters. The molecule has 1 amide bonds. The molecular weight excluding hydrogens is 266 g/mol. The molecule has 4 heteroatoms. The van der Waals surface area contributed by atoms with E-state index in [4.69, 9.17) is 0 Å². The molecule has 0 radical (unpaired) electrons. The molecule has 21 heavy (non-hydrogen) atoms. The van der Waals surface area contributed by atoms with Crippen molar-refractivity contribution >= 4 is 17.5 Å². The summed E-state index contributed by atoms with van der Waals surface area (Å²) in [5.41, 5.74) is 0. The van der Waals surface area contributed by atoms with Crippen molar-refractivity contribution in [2.45, 2.75) is 38.5 Å². The van der Waals surface area contributed by atoms with Gasteiger partial charge in [-0.3, -0.25) is 14.4 Å². The molecule has 0 aromatic carbocycles. The highest BCUT2D eigenvalue weighted by molar-refractivity contribution is 5.89. The van der Waals surface area contributed by atoms with E-state index in [2.05, 4.69) is 25.1 Å². The minimum atomic E-state index is -0.211. The molecule has 0 aliphatic rings. The summed E-state index contributed by atoms with van der Waals surface area (Å²) in [5, 5.41) is 2.76. The Morgan fingerprint density at radius 1 is 0.857 bits per heavy atom. The Balaban J connectivity index is 4.16. The summed E-state index contributed by atoms with van der Waals surface area (Å²) in [6.07, 6.45) is 8.08. The summed E-state index contributed by atoms with van der Waals surface area (Å²) in [4.78, 5) is 33.6. The summed E-state index contributed by atoms with van der Waals surface area (Å²) in [7, 11) is 0. The zero-order chi connectivity index (χ0) is 16.1. The van der Waals surface area contributed by atoms with Crippen LogP contribution in [0.2, 0.25) is 0 Å². The second-order valence-electron chi connectivity index (χ2n) is 4.94. The Kier molecular flexibility index (Phi) is 10.7. The van der Waals surface area contributed by atoms with E-state index in [1.165, 1.54) is 18.2 Å². The minimum Gasteiger partial charge on any atom is -0.352 e. The molecule has 0 aromatic heterocycles. The molecule has 1 atom stereocenters. The van der Waals surface area contributed by atoms with Gasteiger partial charge >= 0.3 is 0 Å². The maximum atomic E-state index is 11.3. The van der Waals surface area contributed by atoms with E-state index in [0.29, 0.717) is 25.8 Å². The van der Waals surface area contributed by atoms with E-state index in [0.717, 1.165) is 19.3 Å². The van der Waals surface area contributed by atoms with Gasteiger partial charge in [0.25, 0.3) is 0 Å². The van der Waals surface area contributed by atoms with Crippen LogP contribution in [0.4, 0.5) is 0 Å². The fourth-order valence-corrected chi connectivity index (χ4v) is 1.95. The number of amides is 1. The topological polar surface area (TPSA) is 63.2 Å². The highest BCUT2D eigenvalue weighted by Gasteiger charge is 2.11. The molecule has 0 spiro atoms. The van der Waals surface area contributed by atoms with Gasteiger partial charge in [0.2, 0.25) is 5.91 Å². The summed E-state index contributed by atoms with van der Waals surface area (Å²) in [6.45, 7) is 10.8. The number of hydrogen-bond donors (Lipinski definition) is 1. The molecule has 1 N–H and O–H groups in total. The zero-order valence-corrected chi connectivity index (χ0v) is 12.6. The number of nitrogens with one attached hydrogen (secondary N) is 1. The minimum absolute atomic E-state index is 0.0110. The molecule has 0 rings (SSSR count). The number of rotatable bonds is 13. The van der Waals surface area contributed by atoms with Gasteiger partial charge in [0.05, 0.1) is 0 Å². The molecule has 0 aliphatic carbocycles. The van der Waals surface area contributed by atoms with E-state index in [9.17, 15) is 14.4 Å². The van der Waals surface area contributed by atoms with E-state index in [1.54, 1.807) is 0 Å². The van der Waals surface area contributed by atoms with Crippen molar-refractivity contribution < 1.29 is 14.4 Å². The zero-order valence-electron chi connectivity index (χ0n) is 12.6. The van der Waals surface area contributed by atoms with Crippen molar-refractivity contribution in [2.24, 2.45) is 5.92 Å². The van der Waals surface area contributed by atoms with Gasteiger partial charge in [-0.05, 0) is 43.4 Å². The van der Waals surface area contributed by atoms with Crippen molar-refractivity contribution in [3.05, 3.63) is 38.0 Å². The van der Waals surface area contributed by atoms with E-state index >= 15 is 0 Å². The largest absolute Gasteiger partial charge is 0.352 e. The smallest absolute Gasteiger partial charge is 0.243 e. The normalized spacial score (nSPS) is 11.2. The van der Waals surface area contributed by atoms with Crippen LogP contribution in [0.5, 0.6) is 0 Å². The molecule has 0 saturated heterocycles. The lowest BCUT2D eigenvalue weighted by molar-refractivity contribution is -0.116. The summed E-state index contributed by atoms with van der Waals surface area (Å²) in [5.74, 6) is 0.0683. The van der Waals surface area contributed by atoms with Crippen LogP contribution in [-0.2, 0) is 14.4 Å². The van der Waals surface area contributed by atoms with Crippen LogP contribution in [0.3, 0.4) is 0 Å². The van der Waals surface area contributed by atoms with Gasteiger partial charge in [0.15, 0.2) is 11.6 Å². The first-order valence-electron chi connectivity index (χ1n) is 7.24. The average molecular weight is 291 g/mol. The predicted molar refractivity (Wildman–Crippen MR) is 84.8 cm³/mol. The number of hydrogen-bond acceptors (Lipinski definition) is 3. The Morgan fingerprint density at radius 3 is 2.05 bits per heavy atom. The summed E-state index contributed by atoms with van der Waals surface area (Å²) >= 11 is 0. The highest BCUT2D eigenvalue weighted by atomic mass is 16.1. The third-order valence-corrected chi connectivity index (χ3v) is 3.29. The Morgan fingerprint density at radius 2 is 1.48 bits per heavy atom. The predicted octanol–water partition coefficient (Wildman–Crippen LogP) is 2.76. The number of ketones is 2. The van der Waals surface area contributed by atoms with Gasteiger partial charge in [-0.2, -0.15) is 0 Å². The second kappa shape index (κ2) is 11.8. The van der Waals surface area contributed by atoms with Gasteiger partial charge in [-0.1, -0.05) is 26.2 Å². The molecule has 0 heterocycles. The standard InChI is InChI=1S/C17H25NO3/c1-4-15(19)10-8-7-9-14(11-12-16(20)5-2)13-18-17(21)6-3/h4-6,14H,1-3,7-13H2,(H,18,21). The van der Waals surface area contributed by atoms with Crippen LogP contribution in [0.1, 0.15) is 38.5 Å². The van der Waals surface area contributed by atoms with Crippen molar-refractivity contribution in [1.82, 2.24) is 5.32 Å². The Bertz CT molecular complexity index is 375. The summed E-state index contributed by atoms with van der Waals surface area (Å²) in [6, 6.07) is 0. The lowest BCUT2D eigenvalue weighted by atomic mass is 9.94. The first kappa shape index (κ1) is 19.0. The maximum Gasteiger partial charge on any atom is 0.243 e. The SMILES string of the molecule is C=CC(=O)CCCCC(CCC(=O)C=C)CNC(=O)C=C. The number of carbonyl (C=O) groups is 3. The van der Waals surface area contributed by atoms with Crippen LogP contribution >= 0.6 is 0 Å². The maximum absolute atomic E-state index is 11.3. The van der Waals surface area contributed by atoms with Gasteiger partial charge < -0.3 is 5.32 Å². The fraction of sp³-hybridized carbons (Fsp3) is 0.471. The number of allylic oxidation sites excluding steroid dienone is 2.